The van der Waals surface area contributed by atoms with Gasteiger partial charge in [0.05, 0.1) is 24.7 Å². The standard InChI is InChI=1S/C12H14N2O3/c1-8(6-13)7-14-12(16)9-4-3-5-10(17-2)11(9)15/h3-5,8,15H,7H2,1-2H3,(H,14,16). The minimum atomic E-state index is -0.427. The average Bonchev–Trinajstić information content (AvgIpc) is 2.35. The van der Waals surface area contributed by atoms with Crippen molar-refractivity contribution in [3.63, 3.8) is 0 Å². The van der Waals surface area contributed by atoms with E-state index in [-0.39, 0.29) is 29.5 Å². The van der Waals surface area contributed by atoms with E-state index >= 15 is 0 Å². The van der Waals surface area contributed by atoms with E-state index in [4.69, 9.17) is 10.00 Å². The molecule has 0 aromatic heterocycles. The number of nitriles is 1. The Morgan fingerprint density at radius 1 is 1.65 bits per heavy atom. The van der Waals surface area contributed by atoms with Crippen LogP contribution in [0.3, 0.4) is 0 Å². The maximum absolute atomic E-state index is 11.7. The van der Waals surface area contributed by atoms with Gasteiger partial charge in [0, 0.05) is 6.54 Å². The maximum Gasteiger partial charge on any atom is 0.255 e. The van der Waals surface area contributed by atoms with Gasteiger partial charge in [0.2, 0.25) is 0 Å². The Labute approximate surface area is 99.6 Å². The Balaban J connectivity index is 2.80. The predicted octanol–water partition coefficient (Wildman–Crippen LogP) is 1.29. The number of hydrogen-bond acceptors (Lipinski definition) is 4. The van der Waals surface area contributed by atoms with Gasteiger partial charge in [0.1, 0.15) is 0 Å². The van der Waals surface area contributed by atoms with E-state index in [0.29, 0.717) is 0 Å². The molecule has 5 heteroatoms. The van der Waals surface area contributed by atoms with E-state index in [1.165, 1.54) is 13.2 Å². The average molecular weight is 234 g/mol. The zero-order valence-corrected chi connectivity index (χ0v) is 9.73. The van der Waals surface area contributed by atoms with Crippen molar-refractivity contribution >= 4 is 5.91 Å². The Morgan fingerprint density at radius 3 is 2.94 bits per heavy atom. The van der Waals surface area contributed by atoms with Crippen molar-refractivity contribution in [2.75, 3.05) is 13.7 Å². The van der Waals surface area contributed by atoms with Gasteiger partial charge >= 0.3 is 0 Å². The van der Waals surface area contributed by atoms with E-state index in [9.17, 15) is 9.90 Å². The number of nitrogens with one attached hydrogen (secondary N) is 1. The normalized spacial score (nSPS) is 11.4. The van der Waals surface area contributed by atoms with Gasteiger partial charge in [-0.15, -0.1) is 0 Å². The van der Waals surface area contributed by atoms with Gasteiger partial charge in [-0.05, 0) is 19.1 Å². The third-order valence-electron chi connectivity index (χ3n) is 2.25. The monoisotopic (exact) mass is 234 g/mol. The molecule has 0 saturated carbocycles. The number of aromatic hydroxyl groups is 1. The molecule has 0 radical (unpaired) electrons. The molecule has 1 unspecified atom stereocenters. The Kier molecular flexibility index (Phi) is 4.35. The summed E-state index contributed by atoms with van der Waals surface area (Å²) in [4.78, 5) is 11.7. The molecule has 0 saturated heterocycles. The van der Waals surface area contributed by atoms with Crippen LogP contribution in [0, 0.1) is 17.2 Å². The van der Waals surface area contributed by atoms with Crippen molar-refractivity contribution in [2.24, 2.45) is 5.92 Å². The van der Waals surface area contributed by atoms with Crippen LogP contribution in [0.5, 0.6) is 11.5 Å². The summed E-state index contributed by atoms with van der Waals surface area (Å²) in [5.74, 6) is -0.654. The fourth-order valence-corrected chi connectivity index (χ4v) is 1.26. The molecule has 1 atom stereocenters. The highest BCUT2D eigenvalue weighted by Crippen LogP contribution is 2.29. The second-order valence-electron chi connectivity index (χ2n) is 3.60. The summed E-state index contributed by atoms with van der Waals surface area (Å²) in [5.41, 5.74) is 0.134. The molecule has 0 fully saturated rings. The van der Waals surface area contributed by atoms with Gasteiger partial charge in [0.15, 0.2) is 11.5 Å². The molecule has 0 aliphatic heterocycles. The molecule has 1 rings (SSSR count). The molecule has 0 heterocycles. The van der Waals surface area contributed by atoms with Crippen molar-refractivity contribution in [1.82, 2.24) is 5.32 Å². The van der Waals surface area contributed by atoms with Crippen LogP contribution in [0.1, 0.15) is 17.3 Å². The lowest BCUT2D eigenvalue weighted by Gasteiger charge is -2.09. The topological polar surface area (TPSA) is 82.3 Å². The van der Waals surface area contributed by atoms with Gasteiger partial charge in [-0.2, -0.15) is 5.26 Å². The van der Waals surface area contributed by atoms with Crippen molar-refractivity contribution in [3.05, 3.63) is 23.8 Å². The lowest BCUT2D eigenvalue weighted by molar-refractivity contribution is 0.0947. The van der Waals surface area contributed by atoms with Crippen LogP contribution >= 0.6 is 0 Å². The summed E-state index contributed by atoms with van der Waals surface area (Å²) < 4.78 is 4.90. The quantitative estimate of drug-likeness (QED) is 0.822. The second-order valence-corrected chi connectivity index (χ2v) is 3.60. The maximum atomic E-state index is 11.7. The first-order valence-corrected chi connectivity index (χ1v) is 5.14. The highest BCUT2D eigenvalue weighted by Gasteiger charge is 2.14. The van der Waals surface area contributed by atoms with Crippen molar-refractivity contribution < 1.29 is 14.6 Å². The number of methoxy groups -OCH3 is 1. The number of carbonyl (C=O) groups is 1. The summed E-state index contributed by atoms with van der Waals surface area (Å²) in [6.45, 7) is 1.94. The van der Waals surface area contributed by atoms with Crippen LogP contribution in [0.4, 0.5) is 0 Å². The first kappa shape index (κ1) is 12.8. The summed E-state index contributed by atoms with van der Waals surface area (Å²) in [6, 6.07) is 6.67. The first-order chi connectivity index (χ1) is 8.10. The Hall–Kier alpha value is -2.22. The van der Waals surface area contributed by atoms with E-state index in [0.717, 1.165) is 0 Å². The highest BCUT2D eigenvalue weighted by molar-refractivity contribution is 5.97. The zero-order chi connectivity index (χ0) is 12.8. The number of ether oxygens (including phenoxy) is 1. The van der Waals surface area contributed by atoms with Crippen molar-refractivity contribution in [2.45, 2.75) is 6.92 Å². The predicted molar refractivity (Wildman–Crippen MR) is 61.8 cm³/mol. The summed E-state index contributed by atoms with van der Waals surface area (Å²) >= 11 is 0. The summed E-state index contributed by atoms with van der Waals surface area (Å²) in [6.07, 6.45) is 0. The number of para-hydroxylation sites is 1. The molecule has 0 bridgehead atoms. The molecule has 0 aliphatic rings. The van der Waals surface area contributed by atoms with Gasteiger partial charge in [-0.1, -0.05) is 6.07 Å². The van der Waals surface area contributed by atoms with Crippen molar-refractivity contribution in [1.29, 1.82) is 5.26 Å². The third kappa shape index (κ3) is 3.11. The lowest BCUT2D eigenvalue weighted by Crippen LogP contribution is -2.27. The molecule has 1 amide bonds. The Morgan fingerprint density at radius 2 is 2.35 bits per heavy atom. The summed E-state index contributed by atoms with van der Waals surface area (Å²) in [7, 11) is 1.41. The molecule has 1 aromatic carbocycles. The van der Waals surface area contributed by atoms with E-state index in [1.54, 1.807) is 19.1 Å². The number of amides is 1. The number of hydrogen-bond donors (Lipinski definition) is 2. The molecule has 5 nitrogen and oxygen atoms in total. The van der Waals surface area contributed by atoms with E-state index in [2.05, 4.69) is 5.32 Å². The molecular formula is C12H14N2O3. The first-order valence-electron chi connectivity index (χ1n) is 5.14. The van der Waals surface area contributed by atoms with E-state index in [1.807, 2.05) is 6.07 Å². The molecule has 0 aliphatic carbocycles. The minimum absolute atomic E-state index is 0.134. The van der Waals surface area contributed by atoms with E-state index < -0.39 is 5.91 Å². The molecule has 2 N–H and O–H groups in total. The van der Waals surface area contributed by atoms with Crippen LogP contribution < -0.4 is 10.1 Å². The number of rotatable bonds is 4. The van der Waals surface area contributed by atoms with Crippen LogP contribution in [-0.2, 0) is 0 Å². The number of carbonyl (C=O) groups excluding carboxylic acids is 1. The molecule has 1 aromatic rings. The highest BCUT2D eigenvalue weighted by atomic mass is 16.5. The molecule has 0 spiro atoms. The third-order valence-corrected chi connectivity index (χ3v) is 2.25. The largest absolute Gasteiger partial charge is 0.504 e. The second kappa shape index (κ2) is 5.75. The smallest absolute Gasteiger partial charge is 0.255 e. The number of phenols is 1. The number of benzene rings is 1. The zero-order valence-electron chi connectivity index (χ0n) is 9.73. The van der Waals surface area contributed by atoms with Crippen molar-refractivity contribution in [3.8, 4) is 17.6 Å². The fraction of sp³-hybridized carbons (Fsp3) is 0.333. The number of nitrogens with zero attached hydrogens (tertiary/aromatic N) is 1. The minimum Gasteiger partial charge on any atom is -0.504 e. The Bertz CT molecular complexity index is 452. The van der Waals surface area contributed by atoms with Gasteiger partial charge in [-0.3, -0.25) is 4.79 Å². The van der Waals surface area contributed by atoms with Crippen LogP contribution in [0.25, 0.3) is 0 Å². The molecule has 90 valence electrons. The number of phenolic OH excluding ortho intramolecular Hbond substituents is 1. The van der Waals surface area contributed by atoms with Crippen LogP contribution in [-0.4, -0.2) is 24.7 Å². The van der Waals surface area contributed by atoms with Gasteiger partial charge < -0.3 is 15.2 Å². The summed E-state index contributed by atoms with van der Waals surface area (Å²) in [5, 5.41) is 20.9. The molecule has 17 heavy (non-hydrogen) atoms. The lowest BCUT2D eigenvalue weighted by atomic mass is 10.1. The van der Waals surface area contributed by atoms with Gasteiger partial charge in [-0.25, -0.2) is 0 Å². The fourth-order valence-electron chi connectivity index (χ4n) is 1.26. The molecular weight excluding hydrogens is 220 g/mol. The SMILES string of the molecule is COc1cccc(C(=O)NCC(C)C#N)c1O. The van der Waals surface area contributed by atoms with Crippen LogP contribution in [0.15, 0.2) is 18.2 Å². The van der Waals surface area contributed by atoms with Crippen LogP contribution in [0.2, 0.25) is 0 Å². The van der Waals surface area contributed by atoms with Gasteiger partial charge in [0.25, 0.3) is 5.91 Å².